The number of nitrogens with zero attached hydrogens (tertiary/aromatic N) is 2. The van der Waals surface area contributed by atoms with E-state index in [2.05, 4.69) is 37.9 Å². The van der Waals surface area contributed by atoms with Crippen molar-refractivity contribution in [3.05, 3.63) is 59.1 Å². The molecule has 0 spiro atoms. The van der Waals surface area contributed by atoms with Gasteiger partial charge in [0, 0.05) is 42.9 Å². The maximum Gasteiger partial charge on any atom is 0.179 e. The van der Waals surface area contributed by atoms with Gasteiger partial charge in [-0.15, -0.1) is 0 Å². The second kappa shape index (κ2) is 7.68. The van der Waals surface area contributed by atoms with Gasteiger partial charge in [-0.25, -0.2) is 8.42 Å². The van der Waals surface area contributed by atoms with Gasteiger partial charge in [0.05, 0.1) is 10.6 Å². The molecule has 3 rings (SSSR count). The van der Waals surface area contributed by atoms with Gasteiger partial charge in [-0.1, -0.05) is 34.1 Å². The van der Waals surface area contributed by atoms with E-state index < -0.39 is 9.84 Å². The van der Waals surface area contributed by atoms with Crippen LogP contribution in [0.5, 0.6) is 0 Å². The normalized spacial score (nSPS) is 16.3. The van der Waals surface area contributed by atoms with Crippen LogP contribution in [0.15, 0.2) is 64.0 Å². The van der Waals surface area contributed by atoms with E-state index in [0.29, 0.717) is 11.4 Å². The van der Waals surface area contributed by atoms with Gasteiger partial charge in [0.1, 0.15) is 0 Å². The third-order valence-electron chi connectivity index (χ3n) is 4.34. The van der Waals surface area contributed by atoms with Crippen LogP contribution in [0.4, 0.5) is 5.69 Å². The Morgan fingerprint density at radius 1 is 0.875 bits per heavy atom. The van der Waals surface area contributed by atoms with Crippen LogP contribution in [-0.2, 0) is 9.84 Å². The van der Waals surface area contributed by atoms with Gasteiger partial charge >= 0.3 is 0 Å². The van der Waals surface area contributed by atoms with Gasteiger partial charge in [-0.05, 0) is 36.4 Å². The van der Waals surface area contributed by atoms with Crippen molar-refractivity contribution in [2.45, 2.75) is 4.90 Å². The summed E-state index contributed by atoms with van der Waals surface area (Å²) in [5.41, 5.74) is 1.24. The second-order valence-corrected chi connectivity index (χ2v) is 8.96. The Bertz CT molecular complexity index is 755. The van der Waals surface area contributed by atoms with E-state index in [1.807, 2.05) is 18.2 Å². The first-order valence-electron chi connectivity index (χ1n) is 8.05. The molecule has 0 atom stereocenters. The summed E-state index contributed by atoms with van der Waals surface area (Å²) in [6.45, 7) is 4.24. The third kappa shape index (κ3) is 4.37. The van der Waals surface area contributed by atoms with E-state index in [4.69, 9.17) is 0 Å². The summed E-state index contributed by atoms with van der Waals surface area (Å²) in [6, 6.07) is 17.2. The van der Waals surface area contributed by atoms with E-state index in [9.17, 15) is 8.42 Å². The molecule has 1 saturated heterocycles. The molecule has 2 aromatic carbocycles. The molecule has 128 valence electrons. The summed E-state index contributed by atoms with van der Waals surface area (Å²) in [6.07, 6.45) is 0. The zero-order chi connectivity index (χ0) is 17.0. The van der Waals surface area contributed by atoms with Gasteiger partial charge in [-0.2, -0.15) is 0 Å². The van der Waals surface area contributed by atoms with Crippen molar-refractivity contribution < 1.29 is 8.42 Å². The fourth-order valence-electron chi connectivity index (χ4n) is 2.88. The molecule has 0 saturated carbocycles. The highest BCUT2D eigenvalue weighted by Crippen LogP contribution is 2.18. The molecule has 0 N–H and O–H groups in total. The maximum absolute atomic E-state index is 12.4. The summed E-state index contributed by atoms with van der Waals surface area (Å²) >= 11 is 3.33. The van der Waals surface area contributed by atoms with Gasteiger partial charge in [0.2, 0.25) is 0 Å². The highest BCUT2D eigenvalue weighted by atomic mass is 79.9. The Morgan fingerprint density at radius 3 is 2.12 bits per heavy atom. The smallest absolute Gasteiger partial charge is 0.179 e. The summed E-state index contributed by atoms with van der Waals surface area (Å²) in [5.74, 6) is 0.167. The SMILES string of the molecule is O=S(=O)(CCN1CCN(c2ccccc2)CC1)c1ccc(Br)cc1. The van der Waals surface area contributed by atoms with Gasteiger partial charge in [0.25, 0.3) is 0 Å². The first-order valence-corrected chi connectivity index (χ1v) is 10.5. The van der Waals surface area contributed by atoms with Crippen molar-refractivity contribution in [3.8, 4) is 0 Å². The fraction of sp³-hybridized carbons (Fsp3) is 0.333. The van der Waals surface area contributed by atoms with Crippen LogP contribution in [-0.4, -0.2) is 51.8 Å². The number of halogens is 1. The van der Waals surface area contributed by atoms with Gasteiger partial charge < -0.3 is 4.90 Å². The van der Waals surface area contributed by atoms with Crippen LogP contribution in [0, 0.1) is 0 Å². The monoisotopic (exact) mass is 408 g/mol. The van der Waals surface area contributed by atoms with Crippen molar-refractivity contribution in [1.82, 2.24) is 4.90 Å². The number of sulfone groups is 1. The fourth-order valence-corrected chi connectivity index (χ4v) is 4.43. The zero-order valence-electron chi connectivity index (χ0n) is 13.4. The lowest BCUT2D eigenvalue weighted by molar-refractivity contribution is 0.272. The standard InChI is InChI=1S/C18H21BrN2O2S/c19-16-6-8-18(9-7-16)24(22,23)15-14-20-10-12-21(13-11-20)17-4-2-1-3-5-17/h1-9H,10-15H2. The zero-order valence-corrected chi connectivity index (χ0v) is 15.8. The first kappa shape index (κ1) is 17.5. The molecule has 0 bridgehead atoms. The Balaban J connectivity index is 1.52. The van der Waals surface area contributed by atoms with Crippen LogP contribution < -0.4 is 4.90 Å². The Labute approximate surface area is 152 Å². The van der Waals surface area contributed by atoms with Crippen LogP contribution >= 0.6 is 15.9 Å². The molecular weight excluding hydrogens is 388 g/mol. The van der Waals surface area contributed by atoms with Crippen molar-refractivity contribution >= 4 is 31.5 Å². The molecule has 1 aliphatic rings. The number of hydrogen-bond donors (Lipinski definition) is 0. The minimum Gasteiger partial charge on any atom is -0.369 e. The van der Waals surface area contributed by atoms with Crippen molar-refractivity contribution in [2.75, 3.05) is 43.4 Å². The number of hydrogen-bond acceptors (Lipinski definition) is 4. The van der Waals surface area contributed by atoms with Crippen molar-refractivity contribution in [1.29, 1.82) is 0 Å². The van der Waals surface area contributed by atoms with E-state index in [1.165, 1.54) is 5.69 Å². The number of piperazine rings is 1. The average Bonchev–Trinajstić information content (AvgIpc) is 2.62. The molecule has 1 heterocycles. The minimum atomic E-state index is -3.22. The molecule has 6 heteroatoms. The minimum absolute atomic E-state index is 0.167. The Hall–Kier alpha value is -1.37. The van der Waals surface area contributed by atoms with Crippen molar-refractivity contribution in [2.24, 2.45) is 0 Å². The third-order valence-corrected chi connectivity index (χ3v) is 6.58. The number of para-hydroxylation sites is 1. The molecule has 0 aromatic heterocycles. The van der Waals surface area contributed by atoms with E-state index in [1.54, 1.807) is 24.3 Å². The lowest BCUT2D eigenvalue weighted by Gasteiger charge is -2.36. The molecule has 2 aromatic rings. The second-order valence-electron chi connectivity index (χ2n) is 5.94. The number of anilines is 1. The average molecular weight is 409 g/mol. The summed E-state index contributed by atoms with van der Waals surface area (Å²) in [7, 11) is -3.22. The van der Waals surface area contributed by atoms with Crippen LogP contribution in [0.2, 0.25) is 0 Å². The number of rotatable bonds is 5. The van der Waals surface area contributed by atoms with Gasteiger partial charge in [0.15, 0.2) is 9.84 Å². The Kier molecular flexibility index (Phi) is 5.58. The molecule has 0 unspecified atom stereocenters. The summed E-state index contributed by atoms with van der Waals surface area (Å²) in [4.78, 5) is 4.98. The first-order chi connectivity index (χ1) is 11.5. The molecule has 4 nitrogen and oxygen atoms in total. The topological polar surface area (TPSA) is 40.6 Å². The molecule has 24 heavy (non-hydrogen) atoms. The molecule has 0 aliphatic carbocycles. The van der Waals surface area contributed by atoms with E-state index in [-0.39, 0.29) is 5.75 Å². The van der Waals surface area contributed by atoms with Crippen molar-refractivity contribution in [3.63, 3.8) is 0 Å². The summed E-state index contributed by atoms with van der Waals surface area (Å²) < 4.78 is 25.7. The highest BCUT2D eigenvalue weighted by Gasteiger charge is 2.20. The van der Waals surface area contributed by atoms with E-state index in [0.717, 1.165) is 30.7 Å². The molecular formula is C18H21BrN2O2S. The largest absolute Gasteiger partial charge is 0.369 e. The van der Waals surface area contributed by atoms with Crippen LogP contribution in [0.25, 0.3) is 0 Å². The molecule has 0 amide bonds. The van der Waals surface area contributed by atoms with Crippen LogP contribution in [0.1, 0.15) is 0 Å². The molecule has 1 fully saturated rings. The lowest BCUT2D eigenvalue weighted by Crippen LogP contribution is -2.47. The van der Waals surface area contributed by atoms with Crippen LogP contribution in [0.3, 0.4) is 0 Å². The Morgan fingerprint density at radius 2 is 1.50 bits per heavy atom. The lowest BCUT2D eigenvalue weighted by atomic mass is 10.2. The molecule has 1 aliphatic heterocycles. The van der Waals surface area contributed by atoms with Gasteiger partial charge in [-0.3, -0.25) is 4.90 Å². The molecule has 0 radical (unpaired) electrons. The predicted octanol–water partition coefficient (Wildman–Crippen LogP) is 3.05. The highest BCUT2D eigenvalue weighted by molar-refractivity contribution is 9.10. The maximum atomic E-state index is 12.4. The quantitative estimate of drug-likeness (QED) is 0.761. The summed E-state index contributed by atoms with van der Waals surface area (Å²) in [5, 5.41) is 0. The van der Waals surface area contributed by atoms with E-state index >= 15 is 0 Å². The predicted molar refractivity (Wildman–Crippen MR) is 101 cm³/mol. The number of benzene rings is 2.